The van der Waals surface area contributed by atoms with Gasteiger partial charge in [-0.3, -0.25) is 4.79 Å². The van der Waals surface area contributed by atoms with Gasteiger partial charge in [0.2, 0.25) is 0 Å². The zero-order chi connectivity index (χ0) is 8.53. The number of hydrogen-bond donors (Lipinski definition) is 1. The SMILES string of the molecule is CCOC=O.Cc1ccc[nH]1. The van der Waals surface area contributed by atoms with E-state index in [0.29, 0.717) is 13.1 Å². The molecule has 0 saturated heterocycles. The largest absolute Gasteiger partial charge is 0.468 e. The zero-order valence-electron chi connectivity index (χ0n) is 6.83. The molecule has 0 aliphatic carbocycles. The first kappa shape index (κ1) is 9.75. The lowest BCUT2D eigenvalue weighted by molar-refractivity contribution is -0.128. The lowest BCUT2D eigenvalue weighted by atomic mass is 10.5. The zero-order valence-corrected chi connectivity index (χ0v) is 6.83. The Bertz CT molecular complexity index is 170. The van der Waals surface area contributed by atoms with Crippen molar-refractivity contribution in [2.75, 3.05) is 6.61 Å². The predicted octanol–water partition coefficient (Wildman–Crippen LogP) is 1.50. The molecule has 0 fully saturated rings. The normalized spacial score (nSPS) is 7.82. The van der Waals surface area contributed by atoms with Crippen molar-refractivity contribution in [1.82, 2.24) is 4.98 Å². The van der Waals surface area contributed by atoms with E-state index in [9.17, 15) is 4.79 Å². The number of rotatable bonds is 2. The van der Waals surface area contributed by atoms with Crippen molar-refractivity contribution in [3.05, 3.63) is 24.0 Å². The number of carbonyl (C=O) groups is 1. The topological polar surface area (TPSA) is 42.1 Å². The van der Waals surface area contributed by atoms with Crippen molar-refractivity contribution >= 4 is 6.47 Å². The Balaban J connectivity index is 0.000000187. The number of aryl methyl sites for hydroxylation is 1. The van der Waals surface area contributed by atoms with Gasteiger partial charge in [-0.2, -0.15) is 0 Å². The van der Waals surface area contributed by atoms with Crippen molar-refractivity contribution in [2.45, 2.75) is 13.8 Å². The summed E-state index contributed by atoms with van der Waals surface area (Å²) in [5, 5.41) is 0. The third-order valence-corrected chi connectivity index (χ3v) is 0.988. The summed E-state index contributed by atoms with van der Waals surface area (Å²) < 4.78 is 4.15. The van der Waals surface area contributed by atoms with Gasteiger partial charge in [0, 0.05) is 11.9 Å². The molecule has 0 aliphatic rings. The standard InChI is InChI=1S/C5H7N.C3H6O2/c1-5-3-2-4-6-5;1-2-5-3-4/h2-4,6H,1H3;3H,2H2,1H3. The third-order valence-electron chi connectivity index (χ3n) is 0.988. The Labute approximate surface area is 66.4 Å². The highest BCUT2D eigenvalue weighted by molar-refractivity contribution is 5.36. The molecule has 1 aromatic rings. The van der Waals surface area contributed by atoms with E-state index < -0.39 is 0 Å². The molecule has 0 unspecified atom stereocenters. The van der Waals surface area contributed by atoms with E-state index in [1.54, 1.807) is 6.92 Å². The first-order valence-electron chi connectivity index (χ1n) is 3.46. The first-order valence-corrected chi connectivity index (χ1v) is 3.46. The van der Waals surface area contributed by atoms with E-state index >= 15 is 0 Å². The quantitative estimate of drug-likeness (QED) is 0.657. The Morgan fingerprint density at radius 2 is 2.45 bits per heavy atom. The van der Waals surface area contributed by atoms with E-state index in [2.05, 4.69) is 9.72 Å². The molecule has 3 nitrogen and oxygen atoms in total. The molecule has 11 heavy (non-hydrogen) atoms. The summed E-state index contributed by atoms with van der Waals surface area (Å²) in [6.45, 7) is 4.69. The molecule has 0 spiro atoms. The van der Waals surface area contributed by atoms with E-state index in [1.807, 2.05) is 25.3 Å². The molecule has 3 heteroatoms. The number of aromatic amines is 1. The maximum Gasteiger partial charge on any atom is 0.293 e. The minimum atomic E-state index is 0.431. The lowest BCUT2D eigenvalue weighted by Crippen LogP contribution is -1.80. The minimum Gasteiger partial charge on any atom is -0.468 e. The van der Waals surface area contributed by atoms with Gasteiger partial charge in [-0.15, -0.1) is 0 Å². The van der Waals surface area contributed by atoms with Gasteiger partial charge in [-0.05, 0) is 26.0 Å². The molecular weight excluding hydrogens is 142 g/mol. The summed E-state index contributed by atoms with van der Waals surface area (Å²) in [6.07, 6.45) is 1.91. The van der Waals surface area contributed by atoms with E-state index in [1.165, 1.54) is 5.69 Å². The molecule has 0 radical (unpaired) electrons. The molecule has 1 aromatic heterocycles. The van der Waals surface area contributed by atoms with E-state index in [4.69, 9.17) is 0 Å². The number of ether oxygens (including phenoxy) is 1. The molecule has 0 aromatic carbocycles. The highest BCUT2D eigenvalue weighted by Crippen LogP contribution is 1.86. The highest BCUT2D eigenvalue weighted by atomic mass is 16.5. The fourth-order valence-electron chi connectivity index (χ4n) is 0.488. The Kier molecular flexibility index (Phi) is 6.08. The second-order valence-corrected chi connectivity index (χ2v) is 1.90. The van der Waals surface area contributed by atoms with Crippen molar-refractivity contribution in [1.29, 1.82) is 0 Å². The second kappa shape index (κ2) is 6.86. The van der Waals surface area contributed by atoms with Gasteiger partial charge in [0.1, 0.15) is 0 Å². The number of nitrogens with one attached hydrogen (secondary N) is 1. The molecule has 1 heterocycles. The summed E-state index contributed by atoms with van der Waals surface area (Å²) in [6, 6.07) is 4.01. The van der Waals surface area contributed by atoms with Crippen molar-refractivity contribution in [3.8, 4) is 0 Å². The van der Waals surface area contributed by atoms with Crippen LogP contribution in [0.1, 0.15) is 12.6 Å². The number of hydrogen-bond acceptors (Lipinski definition) is 2. The molecule has 1 rings (SSSR count). The summed E-state index contributed by atoms with van der Waals surface area (Å²) in [5.41, 5.74) is 1.22. The Morgan fingerprint density at radius 3 is 2.55 bits per heavy atom. The Hall–Kier alpha value is -1.25. The number of H-pyrrole nitrogens is 1. The van der Waals surface area contributed by atoms with Crippen molar-refractivity contribution in [2.24, 2.45) is 0 Å². The molecule has 62 valence electrons. The van der Waals surface area contributed by atoms with Crippen LogP contribution in [0.5, 0.6) is 0 Å². The molecular formula is C8H13NO2. The maximum atomic E-state index is 9.18. The van der Waals surface area contributed by atoms with Crippen LogP contribution in [0.3, 0.4) is 0 Å². The van der Waals surface area contributed by atoms with Gasteiger partial charge in [0.05, 0.1) is 6.61 Å². The molecule has 1 N–H and O–H groups in total. The highest BCUT2D eigenvalue weighted by Gasteiger charge is 1.72. The smallest absolute Gasteiger partial charge is 0.293 e. The molecule has 0 saturated carbocycles. The van der Waals surface area contributed by atoms with Crippen LogP contribution in [0.25, 0.3) is 0 Å². The second-order valence-electron chi connectivity index (χ2n) is 1.90. The third kappa shape index (κ3) is 6.64. The number of carbonyl (C=O) groups excluding carboxylic acids is 1. The summed E-state index contributed by atoms with van der Waals surface area (Å²) in [7, 11) is 0. The average Bonchev–Trinajstić information content (AvgIpc) is 2.43. The summed E-state index contributed by atoms with van der Waals surface area (Å²) in [4.78, 5) is 12.2. The molecule has 0 bridgehead atoms. The van der Waals surface area contributed by atoms with E-state index in [0.717, 1.165) is 0 Å². The fraction of sp³-hybridized carbons (Fsp3) is 0.375. The van der Waals surface area contributed by atoms with Crippen LogP contribution in [-0.4, -0.2) is 18.1 Å². The van der Waals surface area contributed by atoms with Crippen LogP contribution in [0.4, 0.5) is 0 Å². The van der Waals surface area contributed by atoms with Crippen molar-refractivity contribution < 1.29 is 9.53 Å². The van der Waals surface area contributed by atoms with Crippen LogP contribution < -0.4 is 0 Å². The monoisotopic (exact) mass is 155 g/mol. The first-order chi connectivity index (χ1) is 5.31. The van der Waals surface area contributed by atoms with Crippen LogP contribution >= 0.6 is 0 Å². The van der Waals surface area contributed by atoms with Gasteiger partial charge in [-0.25, -0.2) is 0 Å². The van der Waals surface area contributed by atoms with Gasteiger partial charge in [-0.1, -0.05) is 0 Å². The average molecular weight is 155 g/mol. The minimum absolute atomic E-state index is 0.431. The molecule has 0 atom stereocenters. The van der Waals surface area contributed by atoms with Crippen LogP contribution in [0, 0.1) is 6.92 Å². The van der Waals surface area contributed by atoms with Gasteiger partial charge < -0.3 is 9.72 Å². The maximum absolute atomic E-state index is 9.18. The van der Waals surface area contributed by atoms with Gasteiger partial charge in [0.15, 0.2) is 0 Å². The van der Waals surface area contributed by atoms with Crippen LogP contribution in [0.2, 0.25) is 0 Å². The molecule has 0 aliphatic heterocycles. The van der Waals surface area contributed by atoms with Crippen LogP contribution in [-0.2, 0) is 9.53 Å². The van der Waals surface area contributed by atoms with E-state index in [-0.39, 0.29) is 0 Å². The fourth-order valence-corrected chi connectivity index (χ4v) is 0.488. The van der Waals surface area contributed by atoms with Gasteiger partial charge in [0.25, 0.3) is 6.47 Å². The van der Waals surface area contributed by atoms with Gasteiger partial charge >= 0.3 is 0 Å². The Morgan fingerprint density at radius 1 is 1.73 bits per heavy atom. The van der Waals surface area contributed by atoms with Crippen LogP contribution in [0.15, 0.2) is 18.3 Å². The number of aromatic nitrogens is 1. The lowest BCUT2D eigenvalue weighted by Gasteiger charge is -1.79. The van der Waals surface area contributed by atoms with Crippen molar-refractivity contribution in [3.63, 3.8) is 0 Å². The molecule has 0 amide bonds. The summed E-state index contributed by atoms with van der Waals surface area (Å²) in [5.74, 6) is 0. The predicted molar refractivity (Wildman–Crippen MR) is 43.2 cm³/mol. The summed E-state index contributed by atoms with van der Waals surface area (Å²) >= 11 is 0.